The van der Waals surface area contributed by atoms with Crippen LogP contribution in [-0.2, 0) is 16.4 Å². The van der Waals surface area contributed by atoms with Gasteiger partial charge in [-0.05, 0) is 38.8 Å². The van der Waals surface area contributed by atoms with Crippen molar-refractivity contribution in [2.45, 2.75) is 50.1 Å². The molecule has 0 saturated carbocycles. The van der Waals surface area contributed by atoms with Crippen LogP contribution < -0.4 is 0 Å². The summed E-state index contributed by atoms with van der Waals surface area (Å²) in [4.78, 5) is 9.50. The third kappa shape index (κ3) is 3.00. The van der Waals surface area contributed by atoms with E-state index in [1.165, 1.54) is 19.0 Å². The largest absolute Gasteiger partial charge is 0.332 e. The Balaban J connectivity index is 1.75. The monoisotopic (exact) mass is 312 g/mol. The van der Waals surface area contributed by atoms with Crippen molar-refractivity contribution in [2.75, 3.05) is 26.2 Å². The molecule has 2 fully saturated rings. The van der Waals surface area contributed by atoms with E-state index >= 15 is 0 Å². The third-order valence-corrected chi connectivity index (χ3v) is 6.35. The molecule has 118 valence electrons. The van der Waals surface area contributed by atoms with E-state index in [1.807, 2.05) is 6.92 Å². The molecule has 1 unspecified atom stereocenters. The van der Waals surface area contributed by atoms with E-state index in [4.69, 9.17) is 0 Å². The Morgan fingerprint density at radius 1 is 1.29 bits per heavy atom. The number of hydrogen-bond acceptors (Lipinski definition) is 4. The number of aromatic nitrogens is 2. The average Bonchev–Trinajstić information content (AvgIpc) is 3.19. The van der Waals surface area contributed by atoms with Crippen LogP contribution in [0, 0.1) is 0 Å². The van der Waals surface area contributed by atoms with Crippen molar-refractivity contribution in [3.63, 3.8) is 0 Å². The summed E-state index contributed by atoms with van der Waals surface area (Å²) < 4.78 is 27.1. The van der Waals surface area contributed by atoms with Gasteiger partial charge in [-0.1, -0.05) is 6.92 Å². The molecule has 3 heterocycles. The summed E-state index contributed by atoms with van der Waals surface area (Å²) in [7, 11) is -3.43. The van der Waals surface area contributed by atoms with Gasteiger partial charge in [0.05, 0.1) is 6.20 Å². The van der Waals surface area contributed by atoms with E-state index in [0.717, 1.165) is 31.8 Å². The molecule has 0 spiro atoms. The molecule has 3 rings (SSSR count). The van der Waals surface area contributed by atoms with Crippen LogP contribution in [-0.4, -0.2) is 59.8 Å². The summed E-state index contributed by atoms with van der Waals surface area (Å²) >= 11 is 0. The zero-order valence-corrected chi connectivity index (χ0v) is 13.4. The fourth-order valence-electron chi connectivity index (χ4n) is 3.34. The molecule has 0 bridgehead atoms. The van der Waals surface area contributed by atoms with Gasteiger partial charge >= 0.3 is 0 Å². The zero-order valence-electron chi connectivity index (χ0n) is 12.6. The van der Waals surface area contributed by atoms with Gasteiger partial charge in [-0.15, -0.1) is 0 Å². The van der Waals surface area contributed by atoms with Gasteiger partial charge in [0.25, 0.3) is 10.0 Å². The van der Waals surface area contributed by atoms with Gasteiger partial charge in [0, 0.05) is 25.6 Å². The number of nitrogens with zero attached hydrogens (tertiary/aromatic N) is 3. The Labute approximate surface area is 126 Å². The molecular formula is C14H24N4O2S. The first kappa shape index (κ1) is 15.0. The minimum atomic E-state index is -3.43. The molecule has 2 aliphatic rings. The van der Waals surface area contributed by atoms with Gasteiger partial charge in [-0.2, -0.15) is 4.31 Å². The van der Waals surface area contributed by atoms with Crippen molar-refractivity contribution >= 4 is 10.0 Å². The van der Waals surface area contributed by atoms with Crippen molar-refractivity contribution in [1.29, 1.82) is 0 Å². The quantitative estimate of drug-likeness (QED) is 0.907. The van der Waals surface area contributed by atoms with E-state index in [-0.39, 0.29) is 5.03 Å². The summed E-state index contributed by atoms with van der Waals surface area (Å²) in [6.07, 6.45) is 6.69. The molecule has 0 amide bonds. The topological polar surface area (TPSA) is 69.3 Å². The van der Waals surface area contributed by atoms with Gasteiger partial charge in [0.1, 0.15) is 5.82 Å². The number of piperidine rings is 1. The summed E-state index contributed by atoms with van der Waals surface area (Å²) in [5.74, 6) is 0.724. The highest BCUT2D eigenvalue weighted by Gasteiger charge is 2.34. The van der Waals surface area contributed by atoms with Crippen molar-refractivity contribution in [3.8, 4) is 0 Å². The molecule has 7 heteroatoms. The molecule has 1 atom stereocenters. The maximum atomic E-state index is 12.7. The first-order chi connectivity index (χ1) is 10.1. The lowest BCUT2D eigenvalue weighted by Crippen LogP contribution is -2.48. The highest BCUT2D eigenvalue weighted by atomic mass is 32.2. The van der Waals surface area contributed by atoms with Crippen LogP contribution in [0.4, 0.5) is 0 Å². The SMILES string of the molecule is CCc1ncc(S(=O)(=O)N2CCCC(N3CCCC3)C2)[nH]1. The Morgan fingerprint density at radius 3 is 2.71 bits per heavy atom. The van der Waals surface area contributed by atoms with Crippen molar-refractivity contribution in [2.24, 2.45) is 0 Å². The number of sulfonamides is 1. The Bertz CT molecular complexity index is 578. The molecule has 1 N–H and O–H groups in total. The normalized spacial score (nSPS) is 25.5. The molecule has 0 radical (unpaired) electrons. The average molecular weight is 312 g/mol. The van der Waals surface area contributed by atoms with E-state index in [1.54, 1.807) is 4.31 Å². The summed E-state index contributed by atoms with van der Waals surface area (Å²) in [6.45, 7) is 5.42. The fourth-order valence-corrected chi connectivity index (χ4v) is 4.79. The number of likely N-dealkylation sites (tertiary alicyclic amines) is 1. The summed E-state index contributed by atoms with van der Waals surface area (Å²) in [6, 6.07) is 0.379. The highest BCUT2D eigenvalue weighted by Crippen LogP contribution is 2.24. The number of aromatic amines is 1. The van der Waals surface area contributed by atoms with Crippen LogP contribution in [0.5, 0.6) is 0 Å². The molecule has 0 aromatic carbocycles. The molecule has 21 heavy (non-hydrogen) atoms. The van der Waals surface area contributed by atoms with E-state index in [9.17, 15) is 8.42 Å². The van der Waals surface area contributed by atoms with Gasteiger partial charge in [0.15, 0.2) is 5.03 Å². The number of H-pyrrole nitrogens is 1. The van der Waals surface area contributed by atoms with Gasteiger partial charge in [-0.25, -0.2) is 13.4 Å². The maximum absolute atomic E-state index is 12.7. The first-order valence-corrected chi connectivity index (χ1v) is 9.33. The Hall–Kier alpha value is -0.920. The second-order valence-corrected chi connectivity index (χ2v) is 7.86. The minimum absolute atomic E-state index is 0.237. The highest BCUT2D eigenvalue weighted by molar-refractivity contribution is 7.89. The van der Waals surface area contributed by atoms with E-state index < -0.39 is 10.0 Å². The van der Waals surface area contributed by atoms with Gasteiger partial charge in [-0.3, -0.25) is 4.90 Å². The molecule has 2 aliphatic heterocycles. The molecule has 0 aliphatic carbocycles. The van der Waals surface area contributed by atoms with Crippen LogP contribution in [0.25, 0.3) is 0 Å². The molecule has 2 saturated heterocycles. The van der Waals surface area contributed by atoms with Crippen molar-refractivity contribution in [1.82, 2.24) is 19.2 Å². The van der Waals surface area contributed by atoms with Crippen molar-refractivity contribution < 1.29 is 8.42 Å². The van der Waals surface area contributed by atoms with Crippen molar-refractivity contribution in [3.05, 3.63) is 12.0 Å². The predicted molar refractivity (Wildman–Crippen MR) is 80.6 cm³/mol. The lowest BCUT2D eigenvalue weighted by molar-refractivity contribution is 0.162. The number of imidazole rings is 1. The van der Waals surface area contributed by atoms with Crippen LogP contribution >= 0.6 is 0 Å². The van der Waals surface area contributed by atoms with Crippen LogP contribution in [0.2, 0.25) is 0 Å². The van der Waals surface area contributed by atoms with Crippen LogP contribution in [0.3, 0.4) is 0 Å². The summed E-state index contributed by atoms with van der Waals surface area (Å²) in [5.41, 5.74) is 0. The van der Waals surface area contributed by atoms with Gasteiger partial charge in [0.2, 0.25) is 0 Å². The molecule has 1 aromatic rings. The predicted octanol–water partition coefficient (Wildman–Crippen LogP) is 1.22. The van der Waals surface area contributed by atoms with Gasteiger partial charge < -0.3 is 4.98 Å². The van der Waals surface area contributed by atoms with Crippen LogP contribution in [0.15, 0.2) is 11.2 Å². The fraction of sp³-hybridized carbons (Fsp3) is 0.786. The second-order valence-electron chi connectivity index (χ2n) is 5.95. The third-order valence-electron chi connectivity index (χ3n) is 4.57. The van der Waals surface area contributed by atoms with E-state index in [0.29, 0.717) is 25.6 Å². The standard InChI is InChI=1S/C14H24N4O2S/c1-2-13-15-10-14(16-13)21(19,20)18-9-5-6-12(11-18)17-7-3-4-8-17/h10,12H,2-9,11H2,1H3,(H,15,16). The number of hydrogen-bond donors (Lipinski definition) is 1. The lowest BCUT2D eigenvalue weighted by atomic mass is 10.1. The Morgan fingerprint density at radius 2 is 2.05 bits per heavy atom. The smallest absolute Gasteiger partial charge is 0.260 e. The number of nitrogens with one attached hydrogen (secondary N) is 1. The lowest BCUT2D eigenvalue weighted by Gasteiger charge is -2.36. The van der Waals surface area contributed by atoms with Crippen LogP contribution in [0.1, 0.15) is 38.4 Å². The molecule has 6 nitrogen and oxygen atoms in total. The van der Waals surface area contributed by atoms with E-state index in [2.05, 4.69) is 14.9 Å². The minimum Gasteiger partial charge on any atom is -0.332 e. The summed E-state index contributed by atoms with van der Waals surface area (Å²) in [5, 5.41) is 0.237. The molecule has 1 aromatic heterocycles. The zero-order chi connectivity index (χ0) is 14.9. The first-order valence-electron chi connectivity index (χ1n) is 7.89. The maximum Gasteiger partial charge on any atom is 0.260 e. The number of aryl methyl sites for hydroxylation is 1. The Kier molecular flexibility index (Phi) is 4.33. The second kappa shape index (κ2) is 6.06. The number of rotatable bonds is 4. The molecular weight excluding hydrogens is 288 g/mol.